The number of hydrogen-bond donors (Lipinski definition) is 3. The highest BCUT2D eigenvalue weighted by Gasteiger charge is 2.44. The van der Waals surface area contributed by atoms with Crippen LogP contribution in [0.5, 0.6) is 0 Å². The molecule has 0 radical (unpaired) electrons. The molecule has 1 atom stereocenters. The van der Waals surface area contributed by atoms with Crippen molar-refractivity contribution in [1.82, 2.24) is 10.6 Å². The van der Waals surface area contributed by atoms with E-state index in [4.69, 9.17) is 5.73 Å². The number of benzene rings is 1. The van der Waals surface area contributed by atoms with E-state index in [9.17, 15) is 9.18 Å². The second-order valence-corrected chi connectivity index (χ2v) is 5.00. The number of carbonyl (C=O) groups is 1. The lowest BCUT2D eigenvalue weighted by Crippen LogP contribution is -2.59. The van der Waals surface area contributed by atoms with Crippen molar-refractivity contribution >= 4 is 12.1 Å². The minimum absolute atomic E-state index is 0.186. The number of hydrogen-bond acceptors (Lipinski definition) is 4. The summed E-state index contributed by atoms with van der Waals surface area (Å²) in [5.74, 6) is -0.664. The van der Waals surface area contributed by atoms with Crippen molar-refractivity contribution in [2.75, 3.05) is 13.1 Å². The lowest BCUT2D eigenvalue weighted by atomic mass is 9.81. The van der Waals surface area contributed by atoms with Gasteiger partial charge in [0.1, 0.15) is 5.82 Å². The van der Waals surface area contributed by atoms with E-state index in [0.29, 0.717) is 5.57 Å². The molecule has 0 spiro atoms. The van der Waals surface area contributed by atoms with Crippen LogP contribution in [0, 0.1) is 11.7 Å². The first-order valence-electron chi connectivity index (χ1n) is 6.41. The Hall–Kier alpha value is -2.21. The molecule has 1 amide bonds. The smallest absolute Gasteiger partial charge is 0.251 e. The maximum atomic E-state index is 13.5. The SMILES string of the molecule is NC(=O)C1=CNC(c2cccc(F)c2)(C2CNC2)N=C1. The molecule has 104 valence electrons. The quantitative estimate of drug-likeness (QED) is 0.739. The van der Waals surface area contributed by atoms with Crippen molar-refractivity contribution in [2.45, 2.75) is 5.66 Å². The molecule has 1 fully saturated rings. The van der Waals surface area contributed by atoms with Crippen LogP contribution in [0.15, 0.2) is 41.0 Å². The number of carbonyl (C=O) groups excluding carboxylic acids is 1. The first-order valence-corrected chi connectivity index (χ1v) is 6.41. The summed E-state index contributed by atoms with van der Waals surface area (Å²) in [6, 6.07) is 6.34. The fourth-order valence-corrected chi connectivity index (χ4v) is 2.49. The first-order chi connectivity index (χ1) is 9.62. The van der Waals surface area contributed by atoms with Crippen LogP contribution in [-0.2, 0) is 10.5 Å². The minimum Gasteiger partial charge on any atom is -0.366 e. The number of primary amides is 1. The first kappa shape index (κ1) is 12.8. The fourth-order valence-electron chi connectivity index (χ4n) is 2.49. The van der Waals surface area contributed by atoms with E-state index in [1.54, 1.807) is 12.3 Å². The van der Waals surface area contributed by atoms with Crippen molar-refractivity contribution in [3.05, 3.63) is 47.4 Å². The van der Waals surface area contributed by atoms with Crippen LogP contribution >= 0.6 is 0 Å². The Labute approximate surface area is 115 Å². The van der Waals surface area contributed by atoms with Gasteiger partial charge in [-0.25, -0.2) is 4.39 Å². The van der Waals surface area contributed by atoms with Gasteiger partial charge in [0.05, 0.1) is 5.57 Å². The Morgan fingerprint density at radius 1 is 1.45 bits per heavy atom. The molecule has 5 nitrogen and oxygen atoms in total. The molecule has 0 aliphatic carbocycles. The highest BCUT2D eigenvalue weighted by Crippen LogP contribution is 2.35. The molecule has 1 saturated heterocycles. The number of nitrogens with two attached hydrogens (primary N) is 1. The maximum Gasteiger partial charge on any atom is 0.251 e. The molecule has 0 aromatic heterocycles. The maximum absolute atomic E-state index is 13.5. The Bertz CT molecular complexity index is 609. The van der Waals surface area contributed by atoms with Crippen molar-refractivity contribution in [2.24, 2.45) is 16.6 Å². The van der Waals surface area contributed by atoms with Crippen LogP contribution in [-0.4, -0.2) is 25.2 Å². The zero-order valence-electron chi connectivity index (χ0n) is 10.8. The monoisotopic (exact) mass is 274 g/mol. The Kier molecular flexibility index (Phi) is 3.02. The van der Waals surface area contributed by atoms with Crippen LogP contribution in [0.3, 0.4) is 0 Å². The van der Waals surface area contributed by atoms with Gasteiger partial charge in [0.25, 0.3) is 5.91 Å². The van der Waals surface area contributed by atoms with Crippen molar-refractivity contribution in [3.8, 4) is 0 Å². The number of halogens is 1. The van der Waals surface area contributed by atoms with Crippen molar-refractivity contribution in [3.63, 3.8) is 0 Å². The average molecular weight is 274 g/mol. The zero-order chi connectivity index (χ0) is 14.2. The van der Waals surface area contributed by atoms with Gasteiger partial charge in [-0.3, -0.25) is 9.79 Å². The molecule has 2 aliphatic heterocycles. The van der Waals surface area contributed by atoms with Gasteiger partial charge >= 0.3 is 0 Å². The third kappa shape index (κ3) is 1.98. The molecule has 3 rings (SSSR count). The van der Waals surface area contributed by atoms with Crippen LogP contribution < -0.4 is 16.4 Å². The summed E-state index contributed by atoms with van der Waals surface area (Å²) < 4.78 is 13.5. The zero-order valence-corrected chi connectivity index (χ0v) is 10.8. The summed E-state index contributed by atoms with van der Waals surface area (Å²) in [5, 5.41) is 6.32. The van der Waals surface area contributed by atoms with E-state index >= 15 is 0 Å². The summed E-state index contributed by atoms with van der Waals surface area (Å²) >= 11 is 0. The van der Waals surface area contributed by atoms with Crippen LogP contribution in [0.25, 0.3) is 0 Å². The van der Waals surface area contributed by atoms with E-state index in [0.717, 1.165) is 18.7 Å². The van der Waals surface area contributed by atoms with E-state index in [-0.39, 0.29) is 11.7 Å². The summed E-state index contributed by atoms with van der Waals surface area (Å²) in [5.41, 5.74) is 5.53. The van der Waals surface area contributed by atoms with Crippen molar-refractivity contribution in [1.29, 1.82) is 0 Å². The van der Waals surface area contributed by atoms with Crippen LogP contribution in [0.1, 0.15) is 5.56 Å². The van der Waals surface area contributed by atoms with Gasteiger partial charge in [0.15, 0.2) is 5.66 Å². The third-order valence-corrected chi connectivity index (χ3v) is 3.78. The fraction of sp³-hybridized carbons (Fsp3) is 0.286. The van der Waals surface area contributed by atoms with Crippen LogP contribution in [0.4, 0.5) is 4.39 Å². The molecule has 6 heteroatoms. The molecule has 2 aliphatic rings. The molecule has 2 heterocycles. The van der Waals surface area contributed by atoms with Gasteiger partial charge in [0, 0.05) is 37.0 Å². The van der Waals surface area contributed by atoms with Gasteiger partial charge in [-0.1, -0.05) is 12.1 Å². The Morgan fingerprint density at radius 3 is 2.75 bits per heavy atom. The topological polar surface area (TPSA) is 79.5 Å². The van der Waals surface area contributed by atoms with Gasteiger partial charge in [0.2, 0.25) is 0 Å². The molecule has 1 aromatic rings. The second-order valence-electron chi connectivity index (χ2n) is 5.00. The predicted octanol–water partition coefficient (Wildman–Crippen LogP) is 0.241. The Morgan fingerprint density at radius 2 is 2.25 bits per heavy atom. The summed E-state index contributed by atoms with van der Waals surface area (Å²) in [7, 11) is 0. The standard InChI is InChI=1S/C14H15FN4O/c15-12-3-1-2-10(4-12)14(11-7-17-8-11)18-5-9(6-19-14)13(16)20/h1-6,11,17-18H,7-8H2,(H2,16,20). The summed E-state index contributed by atoms with van der Waals surface area (Å²) in [6.07, 6.45) is 3.01. The van der Waals surface area contributed by atoms with Gasteiger partial charge in [-0.15, -0.1) is 0 Å². The molecular weight excluding hydrogens is 259 g/mol. The summed E-state index contributed by atoms with van der Waals surface area (Å²) in [6.45, 7) is 1.56. The molecular formula is C14H15FN4O. The highest BCUT2D eigenvalue weighted by molar-refractivity contribution is 6.11. The van der Waals surface area contributed by atoms with E-state index in [2.05, 4.69) is 15.6 Å². The Balaban J connectivity index is 2.00. The van der Waals surface area contributed by atoms with Crippen molar-refractivity contribution < 1.29 is 9.18 Å². The molecule has 4 N–H and O–H groups in total. The van der Waals surface area contributed by atoms with E-state index in [1.165, 1.54) is 18.3 Å². The number of aliphatic imine (C=N–C) groups is 1. The lowest BCUT2D eigenvalue weighted by Gasteiger charge is -2.44. The van der Waals surface area contributed by atoms with Gasteiger partial charge in [-0.2, -0.15) is 0 Å². The van der Waals surface area contributed by atoms with E-state index < -0.39 is 11.6 Å². The largest absolute Gasteiger partial charge is 0.366 e. The molecule has 0 saturated carbocycles. The average Bonchev–Trinajstić information content (AvgIpc) is 2.37. The van der Waals surface area contributed by atoms with Crippen LogP contribution in [0.2, 0.25) is 0 Å². The normalized spacial score (nSPS) is 25.6. The highest BCUT2D eigenvalue weighted by atomic mass is 19.1. The van der Waals surface area contributed by atoms with Gasteiger partial charge < -0.3 is 16.4 Å². The number of rotatable bonds is 3. The van der Waals surface area contributed by atoms with Gasteiger partial charge in [-0.05, 0) is 12.1 Å². The predicted molar refractivity (Wildman–Crippen MR) is 73.3 cm³/mol. The molecule has 20 heavy (non-hydrogen) atoms. The molecule has 1 aromatic carbocycles. The second kappa shape index (κ2) is 4.72. The number of nitrogens with zero attached hydrogens (tertiary/aromatic N) is 1. The number of amides is 1. The number of nitrogens with one attached hydrogen (secondary N) is 2. The van der Waals surface area contributed by atoms with E-state index in [1.807, 2.05) is 6.07 Å². The summed E-state index contributed by atoms with van der Waals surface area (Å²) in [4.78, 5) is 15.6. The minimum atomic E-state index is -0.744. The molecule has 0 bridgehead atoms. The lowest BCUT2D eigenvalue weighted by molar-refractivity contribution is -0.114. The third-order valence-electron chi connectivity index (χ3n) is 3.78. The molecule has 1 unspecified atom stereocenters.